The lowest BCUT2D eigenvalue weighted by atomic mass is 9.98. The van der Waals surface area contributed by atoms with Crippen molar-refractivity contribution in [3.8, 4) is 11.5 Å². The Morgan fingerprint density at radius 2 is 1.23 bits per heavy atom. The Hall–Kier alpha value is -1.89. The first-order valence-corrected chi connectivity index (χ1v) is 10.0. The van der Waals surface area contributed by atoms with Crippen LogP contribution in [0.1, 0.15) is 49.0 Å². The van der Waals surface area contributed by atoms with E-state index in [9.17, 15) is 4.21 Å². The smallest absolute Gasteiger partial charge is 0.306 e. The maximum absolute atomic E-state index is 11.9. The lowest BCUT2D eigenvalue weighted by molar-refractivity contribution is 0.158. The molecule has 0 amide bonds. The highest BCUT2D eigenvalue weighted by Gasteiger charge is 2.38. The van der Waals surface area contributed by atoms with Gasteiger partial charge >= 0.3 is 11.4 Å². The van der Waals surface area contributed by atoms with Gasteiger partial charge in [-0.1, -0.05) is 24.3 Å². The molecule has 0 aromatic heterocycles. The molecule has 6 heteroatoms. The van der Waals surface area contributed by atoms with Gasteiger partial charge in [0.1, 0.15) is 23.7 Å². The van der Waals surface area contributed by atoms with Gasteiger partial charge in [-0.2, -0.15) is 4.21 Å². The first-order valence-electron chi connectivity index (χ1n) is 9.01. The van der Waals surface area contributed by atoms with Crippen LogP contribution in [0.3, 0.4) is 0 Å². The van der Waals surface area contributed by atoms with Gasteiger partial charge < -0.3 is 9.47 Å². The first kappa shape index (κ1) is 17.5. The van der Waals surface area contributed by atoms with Crippen molar-refractivity contribution in [1.82, 2.24) is 0 Å². The summed E-state index contributed by atoms with van der Waals surface area (Å²) in [5.74, 6) is 1.60. The molecule has 4 rings (SSSR count). The third-order valence-corrected chi connectivity index (χ3v) is 5.32. The average molecular weight is 374 g/mol. The van der Waals surface area contributed by atoms with Gasteiger partial charge in [0.2, 0.25) is 0 Å². The monoisotopic (exact) mass is 374 g/mol. The van der Waals surface area contributed by atoms with Crippen LogP contribution in [-0.4, -0.2) is 17.4 Å². The summed E-state index contributed by atoms with van der Waals surface area (Å²) in [6.45, 7) is 1.36. The first-order chi connectivity index (χ1) is 12.8. The average Bonchev–Trinajstić information content (AvgIpc) is 3.06. The van der Waals surface area contributed by atoms with Crippen LogP contribution in [0.2, 0.25) is 0 Å². The highest BCUT2D eigenvalue weighted by molar-refractivity contribution is 7.75. The lowest BCUT2D eigenvalue weighted by Gasteiger charge is -2.18. The Labute approximate surface area is 156 Å². The van der Waals surface area contributed by atoms with Crippen LogP contribution in [0.5, 0.6) is 11.5 Å². The van der Waals surface area contributed by atoms with Crippen molar-refractivity contribution in [1.29, 1.82) is 0 Å². The molecular formula is C20H22O5S. The Bertz CT molecular complexity index is 715. The van der Waals surface area contributed by atoms with Crippen LogP contribution in [0.25, 0.3) is 0 Å². The molecule has 0 aliphatic carbocycles. The summed E-state index contributed by atoms with van der Waals surface area (Å²) in [5.41, 5.74) is 1.77. The van der Waals surface area contributed by atoms with Crippen LogP contribution in [-0.2, 0) is 19.7 Å². The minimum atomic E-state index is -1.78. The van der Waals surface area contributed by atoms with Crippen molar-refractivity contribution in [3.05, 3.63) is 59.7 Å². The van der Waals surface area contributed by atoms with Gasteiger partial charge in [0.15, 0.2) is 0 Å². The van der Waals surface area contributed by atoms with E-state index in [2.05, 4.69) is 0 Å². The van der Waals surface area contributed by atoms with Crippen LogP contribution in [0.4, 0.5) is 0 Å². The summed E-state index contributed by atoms with van der Waals surface area (Å²) < 4.78 is 34.8. The Morgan fingerprint density at radius 1 is 0.731 bits per heavy atom. The Morgan fingerprint density at radius 3 is 1.73 bits per heavy atom. The van der Waals surface area contributed by atoms with E-state index < -0.39 is 23.6 Å². The van der Waals surface area contributed by atoms with E-state index in [4.69, 9.17) is 17.8 Å². The minimum Gasteiger partial charge on any atom is -0.494 e. The van der Waals surface area contributed by atoms with Crippen molar-refractivity contribution >= 4 is 11.4 Å². The summed E-state index contributed by atoms with van der Waals surface area (Å²) in [4.78, 5) is 0. The molecule has 2 aliphatic rings. The molecule has 0 spiro atoms. The highest BCUT2D eigenvalue weighted by Crippen LogP contribution is 2.43. The van der Waals surface area contributed by atoms with E-state index in [-0.39, 0.29) is 0 Å². The van der Waals surface area contributed by atoms with Crippen LogP contribution in [0, 0.1) is 0 Å². The zero-order valence-corrected chi connectivity index (χ0v) is 15.3. The number of benzene rings is 2. The molecular weight excluding hydrogens is 352 g/mol. The zero-order chi connectivity index (χ0) is 17.8. The van der Waals surface area contributed by atoms with Crippen molar-refractivity contribution in [2.45, 2.75) is 37.9 Å². The van der Waals surface area contributed by atoms with E-state index in [1.165, 1.54) is 0 Å². The van der Waals surface area contributed by atoms with Gasteiger partial charge in [-0.25, -0.2) is 0 Å². The molecule has 0 unspecified atom stereocenters. The van der Waals surface area contributed by atoms with Crippen molar-refractivity contribution in [2.75, 3.05) is 13.2 Å². The van der Waals surface area contributed by atoms with Gasteiger partial charge in [-0.05, 0) is 61.1 Å². The molecule has 4 bridgehead atoms. The van der Waals surface area contributed by atoms with Gasteiger partial charge in [0.25, 0.3) is 0 Å². The highest BCUT2D eigenvalue weighted by atomic mass is 32.2. The predicted octanol–water partition coefficient (Wildman–Crippen LogP) is 4.43. The zero-order valence-electron chi connectivity index (χ0n) is 14.5. The molecule has 138 valence electrons. The number of rotatable bonds is 0. The molecule has 2 aromatic carbocycles. The minimum absolute atomic E-state index is 0.456. The molecule has 0 radical (unpaired) electrons. The number of fused-ring (bicyclic) bond motifs is 7. The van der Waals surface area contributed by atoms with Crippen molar-refractivity contribution in [3.63, 3.8) is 0 Å². The van der Waals surface area contributed by atoms with Crippen LogP contribution < -0.4 is 9.47 Å². The number of hydrogen-bond donors (Lipinski definition) is 0. The maximum atomic E-state index is 11.9. The third kappa shape index (κ3) is 4.09. The summed E-state index contributed by atoms with van der Waals surface area (Å²) in [6.07, 6.45) is 3.34. The number of hydrogen-bond acceptors (Lipinski definition) is 5. The van der Waals surface area contributed by atoms with Gasteiger partial charge in [-0.15, -0.1) is 0 Å². The second kappa shape index (κ2) is 8.20. The molecule has 26 heavy (non-hydrogen) atoms. The van der Waals surface area contributed by atoms with E-state index in [0.29, 0.717) is 13.2 Å². The second-order valence-electron chi connectivity index (χ2n) is 6.49. The summed E-state index contributed by atoms with van der Waals surface area (Å²) in [6, 6.07) is 15.5. The fourth-order valence-corrected chi connectivity index (χ4v) is 4.06. The SMILES string of the molecule is O=S1O[C@@H]2c3cccc(c3)OCCCCCCOc3cccc(c3)[C@H]2O1. The molecule has 2 aromatic rings. The lowest BCUT2D eigenvalue weighted by Crippen LogP contribution is -2.08. The normalized spacial score (nSPS) is 24.3. The van der Waals surface area contributed by atoms with E-state index in [1.807, 2.05) is 48.5 Å². The van der Waals surface area contributed by atoms with Crippen molar-refractivity contribution < 1.29 is 22.0 Å². The molecule has 2 heterocycles. The van der Waals surface area contributed by atoms with Gasteiger partial charge in [-0.3, -0.25) is 8.37 Å². The molecule has 1 fully saturated rings. The topological polar surface area (TPSA) is 54.0 Å². The largest absolute Gasteiger partial charge is 0.494 e. The molecule has 2 atom stereocenters. The quantitative estimate of drug-likeness (QED) is 0.683. The van der Waals surface area contributed by atoms with Gasteiger partial charge in [0.05, 0.1) is 13.2 Å². The van der Waals surface area contributed by atoms with E-state index in [1.54, 1.807) is 0 Å². The maximum Gasteiger partial charge on any atom is 0.306 e. The summed E-state index contributed by atoms with van der Waals surface area (Å²) in [5, 5.41) is 0. The van der Waals surface area contributed by atoms with Crippen LogP contribution in [0.15, 0.2) is 48.5 Å². The number of ether oxygens (including phenoxy) is 2. The summed E-state index contributed by atoms with van der Waals surface area (Å²) in [7, 11) is 0. The van der Waals surface area contributed by atoms with E-state index >= 15 is 0 Å². The fourth-order valence-electron chi connectivity index (χ4n) is 3.25. The standard InChI is InChI=1S/C20H22O5S/c21-26-24-19-15-7-5-9-17(13-15)22-11-3-1-2-4-12-23-18-10-6-8-16(14-18)20(19)25-26/h5-10,13-14,19-20H,1-4,11-12H2/t19-,20-/m1/s1. The second-order valence-corrected chi connectivity index (χ2v) is 7.29. The molecule has 1 saturated heterocycles. The summed E-state index contributed by atoms with van der Waals surface area (Å²) >= 11 is -1.78. The Kier molecular flexibility index (Phi) is 5.53. The van der Waals surface area contributed by atoms with Crippen molar-refractivity contribution in [2.24, 2.45) is 0 Å². The fraction of sp³-hybridized carbons (Fsp3) is 0.400. The third-order valence-electron chi connectivity index (χ3n) is 4.59. The van der Waals surface area contributed by atoms with Gasteiger partial charge in [0, 0.05) is 0 Å². The molecule has 2 aliphatic heterocycles. The molecule has 0 N–H and O–H groups in total. The molecule has 0 saturated carbocycles. The molecule has 5 nitrogen and oxygen atoms in total. The van der Waals surface area contributed by atoms with Crippen LogP contribution >= 0.6 is 0 Å². The van der Waals surface area contributed by atoms with E-state index in [0.717, 1.165) is 48.3 Å². The predicted molar refractivity (Wildman–Crippen MR) is 98.1 cm³/mol. The Balaban J connectivity index is 1.67.